The second-order valence-electron chi connectivity index (χ2n) is 6.67. The van der Waals surface area contributed by atoms with Gasteiger partial charge >= 0.3 is 0 Å². The lowest BCUT2D eigenvalue weighted by molar-refractivity contribution is 0.137. The molecule has 2 nitrogen and oxygen atoms in total. The molecule has 0 amide bonds. The molecule has 0 spiro atoms. The third-order valence-corrected chi connectivity index (χ3v) is 4.04. The van der Waals surface area contributed by atoms with Gasteiger partial charge in [-0.15, -0.1) is 0 Å². The highest BCUT2D eigenvalue weighted by Gasteiger charge is 2.22. The molecule has 2 rings (SSSR count). The molecule has 0 saturated heterocycles. The van der Waals surface area contributed by atoms with E-state index in [0.29, 0.717) is 12.1 Å². The monoisotopic (exact) mass is 261 g/mol. The van der Waals surface area contributed by atoms with Crippen molar-refractivity contribution in [2.24, 2.45) is 0 Å². The second kappa shape index (κ2) is 5.96. The Morgan fingerprint density at radius 3 is 2.68 bits per heavy atom. The van der Waals surface area contributed by atoms with Crippen LogP contribution in [0.2, 0.25) is 0 Å². The van der Waals surface area contributed by atoms with Crippen LogP contribution in [0.3, 0.4) is 0 Å². The maximum absolute atomic E-state index is 6.18. The predicted molar refractivity (Wildman–Crippen MR) is 80.9 cm³/mol. The van der Waals surface area contributed by atoms with Crippen LogP contribution in [0.4, 0.5) is 0 Å². The molecule has 2 unspecified atom stereocenters. The molecular formula is C17H27NO. The van der Waals surface area contributed by atoms with Gasteiger partial charge < -0.3 is 10.1 Å². The number of ether oxygens (including phenoxy) is 1. The first-order valence-electron chi connectivity index (χ1n) is 7.43. The molecule has 2 atom stereocenters. The highest BCUT2D eigenvalue weighted by atomic mass is 16.5. The molecule has 1 aliphatic carbocycles. The van der Waals surface area contributed by atoms with Crippen molar-refractivity contribution in [2.75, 3.05) is 7.05 Å². The third-order valence-electron chi connectivity index (χ3n) is 4.04. The van der Waals surface area contributed by atoms with Crippen LogP contribution < -0.4 is 10.1 Å². The third kappa shape index (κ3) is 3.97. The Morgan fingerprint density at radius 1 is 1.21 bits per heavy atom. The van der Waals surface area contributed by atoms with E-state index in [-0.39, 0.29) is 5.41 Å². The first-order chi connectivity index (χ1) is 8.99. The molecule has 1 aliphatic rings. The molecule has 1 saturated carbocycles. The summed E-state index contributed by atoms with van der Waals surface area (Å²) in [4.78, 5) is 0. The van der Waals surface area contributed by atoms with Crippen LogP contribution in [0.1, 0.15) is 52.0 Å². The van der Waals surface area contributed by atoms with E-state index in [4.69, 9.17) is 4.74 Å². The Kier molecular flexibility index (Phi) is 4.51. The zero-order valence-corrected chi connectivity index (χ0v) is 12.7. The van der Waals surface area contributed by atoms with Crippen molar-refractivity contribution in [1.82, 2.24) is 5.32 Å². The molecular weight excluding hydrogens is 234 g/mol. The van der Waals surface area contributed by atoms with E-state index in [9.17, 15) is 0 Å². The Balaban J connectivity index is 2.03. The van der Waals surface area contributed by atoms with Gasteiger partial charge in [0, 0.05) is 6.04 Å². The topological polar surface area (TPSA) is 21.3 Å². The number of hydrogen-bond donors (Lipinski definition) is 1. The van der Waals surface area contributed by atoms with E-state index >= 15 is 0 Å². The van der Waals surface area contributed by atoms with Gasteiger partial charge in [0.1, 0.15) is 11.9 Å². The average Bonchev–Trinajstić information content (AvgIpc) is 2.38. The maximum Gasteiger partial charge on any atom is 0.120 e. The zero-order chi connectivity index (χ0) is 13.9. The van der Waals surface area contributed by atoms with Gasteiger partial charge in [-0.1, -0.05) is 32.9 Å². The van der Waals surface area contributed by atoms with Crippen molar-refractivity contribution < 1.29 is 4.74 Å². The molecule has 0 aromatic heterocycles. The summed E-state index contributed by atoms with van der Waals surface area (Å²) >= 11 is 0. The fraction of sp³-hybridized carbons (Fsp3) is 0.647. The summed E-state index contributed by atoms with van der Waals surface area (Å²) in [5, 5.41) is 3.38. The summed E-state index contributed by atoms with van der Waals surface area (Å²) in [5.41, 5.74) is 1.52. The number of nitrogens with one attached hydrogen (secondary N) is 1. The summed E-state index contributed by atoms with van der Waals surface area (Å²) in [7, 11) is 2.05. The van der Waals surface area contributed by atoms with E-state index < -0.39 is 0 Å². The Bertz CT molecular complexity index is 408. The summed E-state index contributed by atoms with van der Waals surface area (Å²) in [5.74, 6) is 1.02. The van der Waals surface area contributed by atoms with E-state index in [2.05, 4.69) is 50.4 Å². The summed E-state index contributed by atoms with van der Waals surface area (Å²) in [6, 6.07) is 9.18. The lowest BCUT2D eigenvalue weighted by atomic mass is 9.87. The smallest absolute Gasteiger partial charge is 0.120 e. The molecule has 1 aromatic rings. The molecule has 0 heterocycles. The first kappa shape index (κ1) is 14.4. The Hall–Kier alpha value is -1.02. The van der Waals surface area contributed by atoms with E-state index in [0.717, 1.165) is 12.2 Å². The predicted octanol–water partition coefficient (Wildman–Crippen LogP) is 3.89. The molecule has 1 aromatic carbocycles. The molecule has 1 fully saturated rings. The van der Waals surface area contributed by atoms with Crippen LogP contribution in [0.25, 0.3) is 0 Å². The zero-order valence-electron chi connectivity index (χ0n) is 12.7. The number of rotatable bonds is 3. The Morgan fingerprint density at radius 2 is 2.00 bits per heavy atom. The normalized spacial score (nSPS) is 24.2. The molecule has 106 valence electrons. The minimum atomic E-state index is 0.180. The maximum atomic E-state index is 6.18. The minimum absolute atomic E-state index is 0.180. The summed E-state index contributed by atoms with van der Waals surface area (Å²) < 4.78 is 6.18. The second-order valence-corrected chi connectivity index (χ2v) is 6.67. The van der Waals surface area contributed by atoms with E-state index in [1.807, 2.05) is 7.05 Å². The molecule has 19 heavy (non-hydrogen) atoms. The van der Waals surface area contributed by atoms with Gasteiger partial charge in [-0.05, 0) is 55.8 Å². The lowest BCUT2D eigenvalue weighted by Gasteiger charge is -2.30. The lowest BCUT2D eigenvalue weighted by Crippen LogP contribution is -2.36. The van der Waals surface area contributed by atoms with Crippen molar-refractivity contribution in [1.29, 1.82) is 0 Å². The Labute approximate surface area is 117 Å². The quantitative estimate of drug-likeness (QED) is 0.891. The molecule has 0 radical (unpaired) electrons. The van der Waals surface area contributed by atoms with Crippen molar-refractivity contribution in [2.45, 2.75) is 64.0 Å². The van der Waals surface area contributed by atoms with Crippen molar-refractivity contribution in [3.05, 3.63) is 29.8 Å². The molecule has 1 N–H and O–H groups in total. The van der Waals surface area contributed by atoms with Crippen LogP contribution >= 0.6 is 0 Å². The van der Waals surface area contributed by atoms with Crippen LogP contribution in [0, 0.1) is 0 Å². The van der Waals surface area contributed by atoms with Crippen LogP contribution in [0.15, 0.2) is 24.3 Å². The SMILES string of the molecule is CNC1CCCC(Oc2cccc(C(C)(C)C)c2)C1. The van der Waals surface area contributed by atoms with Gasteiger partial charge in [0.15, 0.2) is 0 Å². The minimum Gasteiger partial charge on any atom is -0.490 e. The summed E-state index contributed by atoms with van der Waals surface area (Å²) in [6.07, 6.45) is 5.20. The molecule has 0 bridgehead atoms. The van der Waals surface area contributed by atoms with Gasteiger partial charge in [0.05, 0.1) is 0 Å². The average molecular weight is 261 g/mol. The highest BCUT2D eigenvalue weighted by molar-refractivity contribution is 5.32. The largest absolute Gasteiger partial charge is 0.490 e. The highest BCUT2D eigenvalue weighted by Crippen LogP contribution is 2.28. The van der Waals surface area contributed by atoms with E-state index in [1.54, 1.807) is 0 Å². The van der Waals surface area contributed by atoms with Crippen LogP contribution in [-0.2, 0) is 5.41 Å². The summed E-state index contributed by atoms with van der Waals surface area (Å²) in [6.45, 7) is 6.72. The van der Waals surface area contributed by atoms with Crippen molar-refractivity contribution in [3.8, 4) is 5.75 Å². The van der Waals surface area contributed by atoms with Gasteiger partial charge in [0.25, 0.3) is 0 Å². The first-order valence-corrected chi connectivity index (χ1v) is 7.43. The van der Waals surface area contributed by atoms with Gasteiger partial charge in [-0.25, -0.2) is 0 Å². The van der Waals surface area contributed by atoms with Crippen LogP contribution in [-0.4, -0.2) is 19.2 Å². The van der Waals surface area contributed by atoms with Gasteiger partial charge in [-0.2, -0.15) is 0 Å². The van der Waals surface area contributed by atoms with Gasteiger partial charge in [-0.3, -0.25) is 0 Å². The number of benzene rings is 1. The van der Waals surface area contributed by atoms with Crippen LogP contribution in [0.5, 0.6) is 5.75 Å². The standard InChI is InChI=1S/C17H27NO/c1-17(2,3)13-7-5-9-15(11-13)19-16-10-6-8-14(12-16)18-4/h5,7,9,11,14,16,18H,6,8,10,12H2,1-4H3. The van der Waals surface area contributed by atoms with Crippen molar-refractivity contribution >= 4 is 0 Å². The van der Waals surface area contributed by atoms with E-state index in [1.165, 1.54) is 24.8 Å². The number of hydrogen-bond acceptors (Lipinski definition) is 2. The molecule has 2 heteroatoms. The van der Waals surface area contributed by atoms with Gasteiger partial charge in [0.2, 0.25) is 0 Å². The molecule has 0 aliphatic heterocycles. The fourth-order valence-electron chi connectivity index (χ4n) is 2.74. The van der Waals surface area contributed by atoms with Crippen molar-refractivity contribution in [3.63, 3.8) is 0 Å². The fourth-order valence-corrected chi connectivity index (χ4v) is 2.74.